The van der Waals surface area contributed by atoms with Crippen LogP contribution in [0.2, 0.25) is 0 Å². The molecule has 106 valence electrons. The van der Waals surface area contributed by atoms with Crippen molar-refractivity contribution in [1.82, 2.24) is 10.6 Å². The van der Waals surface area contributed by atoms with E-state index in [9.17, 15) is 4.79 Å². The van der Waals surface area contributed by atoms with Gasteiger partial charge in [-0.3, -0.25) is 0 Å². The highest BCUT2D eigenvalue weighted by Crippen LogP contribution is 2.03. The molecule has 1 aromatic carbocycles. The Kier molecular flexibility index (Phi) is 6.97. The fraction of sp³-hybridized carbons (Fsp3) is 0.533. The zero-order valence-electron chi connectivity index (χ0n) is 11.8. The first-order valence-corrected chi connectivity index (χ1v) is 6.80. The van der Waals surface area contributed by atoms with Gasteiger partial charge in [-0.1, -0.05) is 36.8 Å². The quantitative estimate of drug-likeness (QED) is 0.704. The number of amides is 2. The van der Waals surface area contributed by atoms with Crippen molar-refractivity contribution in [3.8, 4) is 0 Å². The molecule has 1 unspecified atom stereocenters. The molecule has 4 heteroatoms. The molecule has 0 heterocycles. The van der Waals surface area contributed by atoms with Crippen LogP contribution in [-0.2, 0) is 6.42 Å². The number of carbonyl (C=O) groups excluding carboxylic acids is 1. The van der Waals surface area contributed by atoms with Crippen molar-refractivity contribution < 1.29 is 9.90 Å². The van der Waals surface area contributed by atoms with Crippen molar-refractivity contribution in [1.29, 1.82) is 0 Å². The number of hydrogen-bond donors (Lipinski definition) is 3. The molecule has 0 spiro atoms. The van der Waals surface area contributed by atoms with Crippen LogP contribution in [-0.4, -0.2) is 30.8 Å². The van der Waals surface area contributed by atoms with Gasteiger partial charge in [0, 0.05) is 19.7 Å². The van der Waals surface area contributed by atoms with Crippen molar-refractivity contribution in [2.45, 2.75) is 26.7 Å². The number of aliphatic hydroxyl groups is 1. The molecule has 0 aliphatic heterocycles. The van der Waals surface area contributed by atoms with Gasteiger partial charge in [-0.25, -0.2) is 4.79 Å². The summed E-state index contributed by atoms with van der Waals surface area (Å²) >= 11 is 0. The van der Waals surface area contributed by atoms with E-state index in [4.69, 9.17) is 5.11 Å². The number of hydrogen-bond acceptors (Lipinski definition) is 2. The lowest BCUT2D eigenvalue weighted by atomic mass is 10.1. The number of aryl methyl sites for hydroxylation is 1. The highest BCUT2D eigenvalue weighted by molar-refractivity contribution is 5.73. The molecule has 0 radical (unpaired) electrons. The van der Waals surface area contributed by atoms with Gasteiger partial charge in [0.1, 0.15) is 0 Å². The minimum Gasteiger partial charge on any atom is -0.396 e. The summed E-state index contributed by atoms with van der Waals surface area (Å²) in [6.07, 6.45) is 1.55. The summed E-state index contributed by atoms with van der Waals surface area (Å²) in [5.41, 5.74) is 2.46. The van der Waals surface area contributed by atoms with Crippen LogP contribution in [0.25, 0.3) is 0 Å². The second kappa shape index (κ2) is 8.53. The average molecular weight is 264 g/mol. The molecular weight excluding hydrogens is 240 g/mol. The molecule has 1 rings (SSSR count). The Morgan fingerprint density at radius 3 is 2.58 bits per heavy atom. The number of rotatable bonds is 7. The van der Waals surface area contributed by atoms with E-state index >= 15 is 0 Å². The van der Waals surface area contributed by atoms with Crippen LogP contribution in [0, 0.1) is 12.8 Å². The number of nitrogens with one attached hydrogen (secondary N) is 2. The summed E-state index contributed by atoms with van der Waals surface area (Å²) in [5.74, 6) is 0.299. The largest absolute Gasteiger partial charge is 0.396 e. The predicted octanol–water partition coefficient (Wildman–Crippen LogP) is 1.86. The molecular formula is C15H24N2O2. The van der Waals surface area contributed by atoms with Crippen molar-refractivity contribution in [2.24, 2.45) is 5.92 Å². The van der Waals surface area contributed by atoms with Gasteiger partial charge >= 0.3 is 6.03 Å². The molecule has 1 atom stereocenters. The molecule has 0 aromatic heterocycles. The summed E-state index contributed by atoms with van der Waals surface area (Å²) < 4.78 is 0. The molecule has 3 N–H and O–H groups in total. The molecule has 0 aliphatic carbocycles. The maximum absolute atomic E-state index is 11.5. The van der Waals surface area contributed by atoms with Gasteiger partial charge in [0.2, 0.25) is 0 Å². The van der Waals surface area contributed by atoms with Gasteiger partial charge in [0.25, 0.3) is 0 Å². The van der Waals surface area contributed by atoms with Gasteiger partial charge in [0.15, 0.2) is 0 Å². The van der Waals surface area contributed by atoms with Crippen LogP contribution in [0.4, 0.5) is 4.79 Å². The fourth-order valence-electron chi connectivity index (χ4n) is 1.73. The van der Waals surface area contributed by atoms with Crippen molar-refractivity contribution in [3.63, 3.8) is 0 Å². The standard InChI is InChI=1S/C15H24N2O2/c1-12-3-5-14(6-4-12)7-9-16-15(19)17-11-13(2)8-10-18/h3-6,13,18H,7-11H2,1-2H3,(H2,16,17,19). The highest BCUT2D eigenvalue weighted by Gasteiger charge is 2.04. The van der Waals surface area contributed by atoms with Crippen LogP contribution in [0.1, 0.15) is 24.5 Å². The Hall–Kier alpha value is -1.55. The van der Waals surface area contributed by atoms with Gasteiger partial charge in [-0.15, -0.1) is 0 Å². The van der Waals surface area contributed by atoms with Crippen molar-refractivity contribution in [2.75, 3.05) is 19.7 Å². The lowest BCUT2D eigenvalue weighted by molar-refractivity contribution is 0.234. The summed E-state index contributed by atoms with van der Waals surface area (Å²) in [6.45, 7) is 5.45. The second-order valence-corrected chi connectivity index (χ2v) is 4.99. The van der Waals surface area contributed by atoms with E-state index in [1.165, 1.54) is 11.1 Å². The molecule has 0 saturated heterocycles. The van der Waals surface area contributed by atoms with Gasteiger partial charge < -0.3 is 15.7 Å². The Balaban J connectivity index is 2.15. The van der Waals surface area contributed by atoms with Crippen molar-refractivity contribution in [3.05, 3.63) is 35.4 Å². The highest BCUT2D eigenvalue weighted by atomic mass is 16.3. The average Bonchev–Trinajstić information content (AvgIpc) is 2.39. The van der Waals surface area contributed by atoms with E-state index in [0.717, 1.165) is 6.42 Å². The van der Waals surface area contributed by atoms with Crippen LogP contribution in [0.3, 0.4) is 0 Å². The Morgan fingerprint density at radius 2 is 1.95 bits per heavy atom. The van der Waals surface area contributed by atoms with E-state index in [-0.39, 0.29) is 12.6 Å². The SMILES string of the molecule is Cc1ccc(CCNC(=O)NCC(C)CCO)cc1. The number of aliphatic hydroxyl groups excluding tert-OH is 1. The monoisotopic (exact) mass is 264 g/mol. The van der Waals surface area contributed by atoms with E-state index in [2.05, 4.69) is 41.8 Å². The summed E-state index contributed by atoms with van der Waals surface area (Å²) in [5, 5.41) is 14.4. The third-order valence-electron chi connectivity index (χ3n) is 3.05. The molecule has 2 amide bonds. The van der Waals surface area contributed by atoms with Gasteiger partial charge in [-0.05, 0) is 31.2 Å². The molecule has 0 bridgehead atoms. The lowest BCUT2D eigenvalue weighted by Crippen LogP contribution is -2.38. The smallest absolute Gasteiger partial charge is 0.314 e. The van der Waals surface area contributed by atoms with Crippen molar-refractivity contribution >= 4 is 6.03 Å². The van der Waals surface area contributed by atoms with Crippen LogP contribution in [0.15, 0.2) is 24.3 Å². The number of urea groups is 1. The minimum atomic E-state index is -0.142. The third-order valence-corrected chi connectivity index (χ3v) is 3.05. The van der Waals surface area contributed by atoms with Crippen LogP contribution < -0.4 is 10.6 Å². The predicted molar refractivity (Wildman–Crippen MR) is 77.2 cm³/mol. The first-order chi connectivity index (χ1) is 9.11. The Labute approximate surface area is 115 Å². The summed E-state index contributed by atoms with van der Waals surface area (Å²) in [6, 6.07) is 8.17. The molecule has 19 heavy (non-hydrogen) atoms. The Morgan fingerprint density at radius 1 is 1.26 bits per heavy atom. The fourth-order valence-corrected chi connectivity index (χ4v) is 1.73. The zero-order chi connectivity index (χ0) is 14.1. The molecule has 0 saturated carbocycles. The first-order valence-electron chi connectivity index (χ1n) is 6.80. The maximum Gasteiger partial charge on any atom is 0.314 e. The molecule has 4 nitrogen and oxygen atoms in total. The van der Waals surface area contributed by atoms with Crippen LogP contribution in [0.5, 0.6) is 0 Å². The first kappa shape index (κ1) is 15.5. The zero-order valence-corrected chi connectivity index (χ0v) is 11.8. The maximum atomic E-state index is 11.5. The van der Waals surface area contributed by atoms with Crippen LogP contribution >= 0.6 is 0 Å². The third kappa shape index (κ3) is 6.82. The normalized spacial score (nSPS) is 11.9. The van der Waals surface area contributed by atoms with Gasteiger partial charge in [-0.2, -0.15) is 0 Å². The van der Waals surface area contributed by atoms with E-state index in [1.54, 1.807) is 0 Å². The lowest BCUT2D eigenvalue weighted by Gasteiger charge is -2.12. The topological polar surface area (TPSA) is 61.4 Å². The number of carbonyl (C=O) groups is 1. The molecule has 0 fully saturated rings. The van der Waals surface area contributed by atoms with E-state index in [1.807, 2.05) is 6.92 Å². The summed E-state index contributed by atoms with van der Waals surface area (Å²) in [7, 11) is 0. The second-order valence-electron chi connectivity index (χ2n) is 4.99. The minimum absolute atomic E-state index is 0.142. The van der Waals surface area contributed by atoms with E-state index in [0.29, 0.717) is 25.4 Å². The van der Waals surface area contributed by atoms with E-state index < -0.39 is 0 Å². The Bertz CT molecular complexity index is 376. The summed E-state index contributed by atoms with van der Waals surface area (Å²) in [4.78, 5) is 11.5. The molecule has 1 aromatic rings. The number of benzene rings is 1. The molecule has 0 aliphatic rings. The van der Waals surface area contributed by atoms with Gasteiger partial charge in [0.05, 0.1) is 0 Å².